The van der Waals surface area contributed by atoms with Crippen LogP contribution in [0.5, 0.6) is 0 Å². The second-order valence-corrected chi connectivity index (χ2v) is 7.09. The smallest absolute Gasteiger partial charge is 0.237 e. The topological polar surface area (TPSA) is 55.1 Å². The summed E-state index contributed by atoms with van der Waals surface area (Å²) in [5.74, 6) is 0.00319. The molecule has 4 heteroatoms. The number of carbonyl (C=O) groups excluding carboxylic acids is 1. The van der Waals surface area contributed by atoms with Gasteiger partial charge in [0.1, 0.15) is 0 Å². The zero-order valence-electron chi connectivity index (χ0n) is 11.5. The average Bonchev–Trinajstić information content (AvgIpc) is 2.27. The minimum Gasteiger partial charge on any atom is -0.351 e. The van der Waals surface area contributed by atoms with Crippen molar-refractivity contribution in [1.29, 1.82) is 0 Å². The summed E-state index contributed by atoms with van der Waals surface area (Å²) in [7, 11) is 0. The molecule has 100 valence electrons. The molecule has 0 spiro atoms. The molecule has 2 unspecified atom stereocenters. The molecule has 3 atom stereocenters. The maximum absolute atomic E-state index is 12.1. The van der Waals surface area contributed by atoms with Crippen molar-refractivity contribution in [3.8, 4) is 0 Å². The number of hydrogen-bond donors (Lipinski definition) is 2. The Bertz CT molecular complexity index is 263. The lowest BCUT2D eigenvalue weighted by Gasteiger charge is -2.34. The van der Waals surface area contributed by atoms with Crippen LogP contribution in [-0.2, 0) is 4.79 Å². The van der Waals surface area contributed by atoms with Crippen molar-refractivity contribution < 1.29 is 4.79 Å². The fourth-order valence-corrected chi connectivity index (χ4v) is 3.14. The number of nitrogens with two attached hydrogens (primary N) is 1. The highest BCUT2D eigenvalue weighted by atomic mass is 32.2. The fourth-order valence-electron chi connectivity index (χ4n) is 2.21. The number of thioether (sulfide) groups is 1. The normalized spacial score (nSPS) is 27.6. The third-order valence-corrected chi connectivity index (χ3v) is 4.72. The number of amides is 1. The SMILES string of the molecule is CSC1CCCCC1NC(=O)[C@@H](N)C(C)(C)C. The molecule has 0 bridgehead atoms. The summed E-state index contributed by atoms with van der Waals surface area (Å²) in [4.78, 5) is 12.1. The lowest BCUT2D eigenvalue weighted by Crippen LogP contribution is -2.54. The van der Waals surface area contributed by atoms with Gasteiger partial charge in [-0.1, -0.05) is 33.6 Å². The summed E-state index contributed by atoms with van der Waals surface area (Å²) >= 11 is 1.86. The molecule has 0 saturated heterocycles. The molecule has 0 heterocycles. The van der Waals surface area contributed by atoms with Gasteiger partial charge in [0, 0.05) is 11.3 Å². The highest BCUT2D eigenvalue weighted by molar-refractivity contribution is 7.99. The molecular formula is C13H26N2OS. The second kappa shape index (κ2) is 6.10. The Labute approximate surface area is 109 Å². The molecule has 1 aliphatic rings. The van der Waals surface area contributed by atoms with Gasteiger partial charge in [-0.05, 0) is 24.5 Å². The van der Waals surface area contributed by atoms with Gasteiger partial charge >= 0.3 is 0 Å². The summed E-state index contributed by atoms with van der Waals surface area (Å²) in [5, 5.41) is 3.70. The molecule has 0 aromatic rings. The van der Waals surface area contributed by atoms with Crippen molar-refractivity contribution in [2.45, 2.75) is 63.8 Å². The van der Waals surface area contributed by atoms with Gasteiger partial charge < -0.3 is 11.1 Å². The van der Waals surface area contributed by atoms with Crippen LogP contribution in [-0.4, -0.2) is 29.5 Å². The van der Waals surface area contributed by atoms with Gasteiger partial charge in [0.2, 0.25) is 5.91 Å². The fraction of sp³-hybridized carbons (Fsp3) is 0.923. The first-order valence-corrected chi connectivity index (χ1v) is 7.74. The minimum absolute atomic E-state index is 0.00319. The first-order valence-electron chi connectivity index (χ1n) is 6.45. The Morgan fingerprint density at radius 1 is 1.35 bits per heavy atom. The van der Waals surface area contributed by atoms with E-state index in [-0.39, 0.29) is 11.3 Å². The molecule has 1 fully saturated rings. The van der Waals surface area contributed by atoms with Gasteiger partial charge in [-0.25, -0.2) is 0 Å². The molecule has 3 nitrogen and oxygen atoms in total. The Balaban J connectivity index is 2.55. The molecule has 1 amide bonds. The highest BCUT2D eigenvalue weighted by Gasteiger charge is 2.31. The standard InChI is InChI=1S/C13H26N2OS/c1-13(2,3)11(14)12(16)15-9-7-5-6-8-10(9)17-4/h9-11H,5-8,14H2,1-4H3,(H,15,16)/t9?,10?,11-/m1/s1. The lowest BCUT2D eigenvalue weighted by atomic mass is 9.86. The van der Waals surface area contributed by atoms with Crippen LogP contribution in [0.4, 0.5) is 0 Å². The Kier molecular flexibility index (Phi) is 5.32. The summed E-state index contributed by atoms with van der Waals surface area (Å²) < 4.78 is 0. The van der Waals surface area contributed by atoms with E-state index >= 15 is 0 Å². The van der Waals surface area contributed by atoms with Crippen molar-refractivity contribution in [3.63, 3.8) is 0 Å². The molecule has 0 aromatic carbocycles. The van der Waals surface area contributed by atoms with Crippen molar-refractivity contribution >= 4 is 17.7 Å². The summed E-state index contributed by atoms with van der Waals surface area (Å²) in [6.45, 7) is 6.01. The van der Waals surface area contributed by atoms with E-state index in [4.69, 9.17) is 5.73 Å². The van der Waals surface area contributed by atoms with Gasteiger partial charge in [0.05, 0.1) is 6.04 Å². The van der Waals surface area contributed by atoms with Crippen LogP contribution in [0.3, 0.4) is 0 Å². The third-order valence-electron chi connectivity index (χ3n) is 3.55. The molecular weight excluding hydrogens is 232 g/mol. The van der Waals surface area contributed by atoms with E-state index < -0.39 is 6.04 Å². The van der Waals surface area contributed by atoms with Crippen LogP contribution in [0.2, 0.25) is 0 Å². The quantitative estimate of drug-likeness (QED) is 0.815. The maximum Gasteiger partial charge on any atom is 0.237 e. The van der Waals surface area contributed by atoms with Crippen LogP contribution in [0.15, 0.2) is 0 Å². The largest absolute Gasteiger partial charge is 0.351 e. The molecule has 1 rings (SSSR count). The van der Waals surface area contributed by atoms with Crippen LogP contribution < -0.4 is 11.1 Å². The van der Waals surface area contributed by atoms with Crippen molar-refractivity contribution in [2.75, 3.05) is 6.26 Å². The van der Waals surface area contributed by atoms with E-state index in [1.807, 2.05) is 32.5 Å². The summed E-state index contributed by atoms with van der Waals surface area (Å²) in [6, 6.07) is -0.119. The van der Waals surface area contributed by atoms with E-state index in [2.05, 4.69) is 11.6 Å². The first-order chi connectivity index (χ1) is 7.86. The Morgan fingerprint density at radius 3 is 2.47 bits per heavy atom. The van der Waals surface area contributed by atoms with Crippen molar-refractivity contribution in [2.24, 2.45) is 11.1 Å². The van der Waals surface area contributed by atoms with Crippen LogP contribution >= 0.6 is 11.8 Å². The van der Waals surface area contributed by atoms with Crippen LogP contribution in [0.1, 0.15) is 46.5 Å². The van der Waals surface area contributed by atoms with Gasteiger partial charge in [-0.15, -0.1) is 0 Å². The Hall–Kier alpha value is -0.220. The van der Waals surface area contributed by atoms with Crippen molar-refractivity contribution in [3.05, 3.63) is 0 Å². The van der Waals surface area contributed by atoms with E-state index in [1.54, 1.807) is 0 Å². The zero-order chi connectivity index (χ0) is 13.1. The van der Waals surface area contributed by atoms with Gasteiger partial charge in [-0.2, -0.15) is 11.8 Å². The minimum atomic E-state index is -0.424. The van der Waals surface area contributed by atoms with Gasteiger partial charge in [0.15, 0.2) is 0 Å². The highest BCUT2D eigenvalue weighted by Crippen LogP contribution is 2.27. The number of rotatable bonds is 3. The first kappa shape index (κ1) is 14.8. The van der Waals surface area contributed by atoms with E-state index in [0.717, 1.165) is 6.42 Å². The number of nitrogens with one attached hydrogen (secondary N) is 1. The van der Waals surface area contributed by atoms with E-state index in [9.17, 15) is 4.79 Å². The molecule has 3 N–H and O–H groups in total. The molecule has 0 radical (unpaired) electrons. The zero-order valence-corrected chi connectivity index (χ0v) is 12.3. The predicted octanol–water partition coefficient (Wildman–Crippen LogP) is 2.15. The van der Waals surface area contributed by atoms with Crippen molar-refractivity contribution in [1.82, 2.24) is 5.32 Å². The molecule has 0 aromatic heterocycles. The average molecular weight is 258 g/mol. The van der Waals surface area contributed by atoms with Crippen LogP contribution in [0.25, 0.3) is 0 Å². The lowest BCUT2D eigenvalue weighted by molar-refractivity contribution is -0.125. The second-order valence-electron chi connectivity index (χ2n) is 6.02. The van der Waals surface area contributed by atoms with Gasteiger partial charge in [0.25, 0.3) is 0 Å². The maximum atomic E-state index is 12.1. The Morgan fingerprint density at radius 2 is 1.94 bits per heavy atom. The molecule has 1 aliphatic carbocycles. The monoisotopic (exact) mass is 258 g/mol. The summed E-state index contributed by atoms with van der Waals surface area (Å²) in [5.41, 5.74) is 5.81. The third kappa shape index (κ3) is 4.18. The predicted molar refractivity (Wildman–Crippen MR) is 75.1 cm³/mol. The molecule has 17 heavy (non-hydrogen) atoms. The van der Waals surface area contributed by atoms with E-state index in [1.165, 1.54) is 19.3 Å². The van der Waals surface area contributed by atoms with Crippen LogP contribution in [0, 0.1) is 5.41 Å². The number of hydrogen-bond acceptors (Lipinski definition) is 3. The molecule has 1 saturated carbocycles. The summed E-state index contributed by atoms with van der Waals surface area (Å²) in [6.07, 6.45) is 6.92. The number of carbonyl (C=O) groups is 1. The van der Waals surface area contributed by atoms with E-state index in [0.29, 0.717) is 11.3 Å². The molecule has 0 aliphatic heterocycles. The van der Waals surface area contributed by atoms with Gasteiger partial charge in [-0.3, -0.25) is 4.79 Å².